The second-order valence-corrected chi connectivity index (χ2v) is 5.25. The van der Waals surface area contributed by atoms with Crippen molar-refractivity contribution in [2.24, 2.45) is 7.05 Å². The number of aryl methyl sites for hydroxylation is 1. The molecule has 0 radical (unpaired) electrons. The first-order chi connectivity index (χ1) is 8.97. The standard InChI is InChI=1S/C13H12IN3O2/c1-8(18)9-3-5-10(6-4-9)15-13(19)12-11(14)7-17(2)16-12/h3-7H,1-2H3,(H,15,19). The predicted octanol–water partition coefficient (Wildman–Crippen LogP) is 2.48. The number of hydrogen-bond acceptors (Lipinski definition) is 3. The molecule has 0 aliphatic carbocycles. The molecule has 0 aliphatic heterocycles. The molecule has 0 fully saturated rings. The van der Waals surface area contributed by atoms with Gasteiger partial charge in [-0.15, -0.1) is 0 Å². The second kappa shape index (κ2) is 5.52. The van der Waals surface area contributed by atoms with E-state index in [1.807, 2.05) is 0 Å². The normalized spacial score (nSPS) is 10.3. The summed E-state index contributed by atoms with van der Waals surface area (Å²) in [5.74, 6) is -0.266. The van der Waals surface area contributed by atoms with Crippen LogP contribution in [0.2, 0.25) is 0 Å². The summed E-state index contributed by atoms with van der Waals surface area (Å²) in [6, 6.07) is 6.76. The van der Waals surface area contributed by atoms with Crippen LogP contribution in [-0.2, 0) is 7.05 Å². The molecule has 1 heterocycles. The van der Waals surface area contributed by atoms with E-state index in [2.05, 4.69) is 33.0 Å². The molecule has 0 saturated carbocycles. The molecule has 1 amide bonds. The van der Waals surface area contributed by atoms with Gasteiger partial charge in [0.15, 0.2) is 11.5 Å². The number of aromatic nitrogens is 2. The summed E-state index contributed by atoms with van der Waals surface area (Å²) < 4.78 is 2.38. The van der Waals surface area contributed by atoms with Gasteiger partial charge in [-0.1, -0.05) is 0 Å². The molecule has 0 bridgehead atoms. The Morgan fingerprint density at radius 1 is 1.26 bits per heavy atom. The molecule has 1 aromatic heterocycles. The highest BCUT2D eigenvalue weighted by Gasteiger charge is 2.14. The number of nitrogens with zero attached hydrogens (tertiary/aromatic N) is 2. The number of hydrogen-bond donors (Lipinski definition) is 1. The summed E-state index contributed by atoms with van der Waals surface area (Å²) in [6.07, 6.45) is 1.77. The summed E-state index contributed by atoms with van der Waals surface area (Å²) in [4.78, 5) is 23.2. The zero-order valence-electron chi connectivity index (χ0n) is 10.5. The van der Waals surface area contributed by atoms with Crippen molar-refractivity contribution in [3.63, 3.8) is 0 Å². The van der Waals surface area contributed by atoms with Crippen molar-refractivity contribution < 1.29 is 9.59 Å². The maximum Gasteiger partial charge on any atom is 0.277 e. The highest BCUT2D eigenvalue weighted by atomic mass is 127. The molecule has 0 saturated heterocycles. The highest BCUT2D eigenvalue weighted by Crippen LogP contribution is 2.14. The number of benzene rings is 1. The maximum atomic E-state index is 12.0. The monoisotopic (exact) mass is 369 g/mol. The first-order valence-electron chi connectivity index (χ1n) is 5.59. The number of rotatable bonds is 3. The van der Waals surface area contributed by atoms with E-state index in [1.165, 1.54) is 6.92 Å². The Labute approximate surface area is 124 Å². The summed E-state index contributed by atoms with van der Waals surface area (Å²) >= 11 is 2.06. The third-order valence-corrected chi connectivity index (χ3v) is 3.34. The van der Waals surface area contributed by atoms with Gasteiger partial charge in [0.2, 0.25) is 0 Å². The topological polar surface area (TPSA) is 64.0 Å². The largest absolute Gasteiger partial charge is 0.321 e. The highest BCUT2D eigenvalue weighted by molar-refractivity contribution is 14.1. The van der Waals surface area contributed by atoms with Crippen molar-refractivity contribution >= 4 is 40.0 Å². The lowest BCUT2D eigenvalue weighted by molar-refractivity contribution is 0.101. The third-order valence-electron chi connectivity index (χ3n) is 2.55. The van der Waals surface area contributed by atoms with Gasteiger partial charge in [0, 0.05) is 24.5 Å². The maximum absolute atomic E-state index is 12.0. The van der Waals surface area contributed by atoms with Crippen LogP contribution in [0.5, 0.6) is 0 Å². The van der Waals surface area contributed by atoms with Gasteiger partial charge in [-0.3, -0.25) is 14.3 Å². The molecule has 0 atom stereocenters. The summed E-state index contributed by atoms with van der Waals surface area (Å²) in [5.41, 5.74) is 1.64. The van der Waals surface area contributed by atoms with E-state index in [0.29, 0.717) is 16.9 Å². The molecular formula is C13H12IN3O2. The number of ketones is 1. The fraction of sp³-hybridized carbons (Fsp3) is 0.154. The van der Waals surface area contributed by atoms with Gasteiger partial charge in [-0.05, 0) is 53.8 Å². The predicted molar refractivity (Wildman–Crippen MR) is 80.3 cm³/mol. The van der Waals surface area contributed by atoms with Crippen LogP contribution in [0, 0.1) is 3.57 Å². The summed E-state index contributed by atoms with van der Waals surface area (Å²) in [7, 11) is 1.76. The van der Waals surface area contributed by atoms with E-state index < -0.39 is 0 Å². The minimum atomic E-state index is -0.263. The van der Waals surface area contributed by atoms with E-state index in [9.17, 15) is 9.59 Å². The van der Waals surface area contributed by atoms with Crippen LogP contribution in [-0.4, -0.2) is 21.5 Å². The zero-order valence-corrected chi connectivity index (χ0v) is 12.6. The van der Waals surface area contributed by atoms with Crippen LogP contribution < -0.4 is 5.32 Å². The van der Waals surface area contributed by atoms with E-state index in [4.69, 9.17) is 0 Å². The Bertz CT molecular complexity index is 632. The molecule has 98 valence electrons. The van der Waals surface area contributed by atoms with E-state index in [0.717, 1.165) is 3.57 Å². The number of carbonyl (C=O) groups is 2. The fourth-order valence-electron chi connectivity index (χ4n) is 1.59. The second-order valence-electron chi connectivity index (χ2n) is 4.09. The first kappa shape index (κ1) is 13.7. The van der Waals surface area contributed by atoms with Gasteiger partial charge in [0.05, 0.1) is 3.57 Å². The lowest BCUT2D eigenvalue weighted by atomic mass is 10.1. The molecule has 5 nitrogen and oxygen atoms in total. The molecule has 1 aromatic carbocycles. The van der Waals surface area contributed by atoms with Crippen LogP contribution in [0.1, 0.15) is 27.8 Å². The Kier molecular flexibility index (Phi) is 3.98. The van der Waals surface area contributed by atoms with Gasteiger partial charge in [-0.25, -0.2) is 0 Å². The lowest BCUT2D eigenvalue weighted by Gasteiger charge is -2.04. The molecule has 2 rings (SSSR count). The van der Waals surface area contributed by atoms with Crippen molar-refractivity contribution in [3.05, 3.63) is 45.3 Å². The molecule has 2 aromatic rings. The molecule has 0 unspecified atom stereocenters. The number of halogens is 1. The summed E-state index contributed by atoms with van der Waals surface area (Å²) in [5, 5.41) is 6.84. The SMILES string of the molecule is CC(=O)c1ccc(NC(=O)c2nn(C)cc2I)cc1. The van der Waals surface area contributed by atoms with Gasteiger partial charge >= 0.3 is 0 Å². The number of amides is 1. The molecular weight excluding hydrogens is 357 g/mol. The number of anilines is 1. The van der Waals surface area contributed by atoms with Gasteiger partial charge in [0.25, 0.3) is 5.91 Å². The van der Waals surface area contributed by atoms with Crippen molar-refractivity contribution in [1.29, 1.82) is 0 Å². The quantitative estimate of drug-likeness (QED) is 0.668. The molecule has 19 heavy (non-hydrogen) atoms. The third kappa shape index (κ3) is 3.19. The molecule has 0 aliphatic rings. The van der Waals surface area contributed by atoms with Gasteiger partial charge in [-0.2, -0.15) is 5.10 Å². The smallest absolute Gasteiger partial charge is 0.277 e. The number of carbonyl (C=O) groups excluding carboxylic acids is 2. The van der Waals surface area contributed by atoms with Crippen LogP contribution in [0.25, 0.3) is 0 Å². The minimum Gasteiger partial charge on any atom is -0.321 e. The van der Waals surface area contributed by atoms with Crippen LogP contribution in [0.3, 0.4) is 0 Å². The molecule has 1 N–H and O–H groups in total. The van der Waals surface area contributed by atoms with Gasteiger partial charge in [0.1, 0.15) is 0 Å². The lowest BCUT2D eigenvalue weighted by Crippen LogP contribution is -2.14. The number of Topliss-reactive ketones (excluding diaryl/α,β-unsaturated/α-hetero) is 1. The van der Waals surface area contributed by atoms with Gasteiger partial charge < -0.3 is 5.32 Å². The Hall–Kier alpha value is -1.70. The van der Waals surface area contributed by atoms with Crippen LogP contribution in [0.4, 0.5) is 5.69 Å². The fourth-order valence-corrected chi connectivity index (χ4v) is 2.35. The average Bonchev–Trinajstić information content (AvgIpc) is 2.69. The van der Waals surface area contributed by atoms with Crippen LogP contribution >= 0.6 is 22.6 Å². The van der Waals surface area contributed by atoms with E-state index in [1.54, 1.807) is 42.2 Å². The minimum absolute atomic E-state index is 0.00264. The van der Waals surface area contributed by atoms with Crippen molar-refractivity contribution in [2.45, 2.75) is 6.92 Å². The average molecular weight is 369 g/mol. The van der Waals surface area contributed by atoms with E-state index >= 15 is 0 Å². The van der Waals surface area contributed by atoms with Crippen molar-refractivity contribution in [3.8, 4) is 0 Å². The van der Waals surface area contributed by atoms with Crippen molar-refractivity contribution in [2.75, 3.05) is 5.32 Å². The van der Waals surface area contributed by atoms with Crippen molar-refractivity contribution in [1.82, 2.24) is 9.78 Å². The number of nitrogens with one attached hydrogen (secondary N) is 1. The first-order valence-corrected chi connectivity index (χ1v) is 6.67. The van der Waals surface area contributed by atoms with Crippen LogP contribution in [0.15, 0.2) is 30.5 Å². The Morgan fingerprint density at radius 3 is 2.37 bits per heavy atom. The van der Waals surface area contributed by atoms with E-state index in [-0.39, 0.29) is 11.7 Å². The Morgan fingerprint density at radius 2 is 1.89 bits per heavy atom. The summed E-state index contributed by atoms with van der Waals surface area (Å²) in [6.45, 7) is 1.50. The molecule has 6 heteroatoms. The molecule has 0 spiro atoms. The Balaban J connectivity index is 2.15. The zero-order chi connectivity index (χ0) is 14.0.